The zero-order chi connectivity index (χ0) is 19.0. The van der Waals surface area contributed by atoms with Gasteiger partial charge >= 0.3 is 5.97 Å². The maximum atomic E-state index is 12.7. The topological polar surface area (TPSA) is 64.6 Å². The maximum absolute atomic E-state index is 12.7. The molecule has 146 valence electrons. The lowest BCUT2D eigenvalue weighted by Gasteiger charge is -2.57. The van der Waals surface area contributed by atoms with Gasteiger partial charge in [-0.15, -0.1) is 0 Å². The van der Waals surface area contributed by atoms with Crippen LogP contribution in [-0.4, -0.2) is 30.1 Å². The first-order chi connectivity index (χ1) is 13.0. The summed E-state index contributed by atoms with van der Waals surface area (Å²) in [6, 6.07) is 6.80. The fourth-order valence-corrected chi connectivity index (χ4v) is 5.76. The summed E-state index contributed by atoms with van der Waals surface area (Å²) in [4.78, 5) is 25.1. The van der Waals surface area contributed by atoms with Gasteiger partial charge in [-0.1, -0.05) is 0 Å². The summed E-state index contributed by atoms with van der Waals surface area (Å²) < 4.78 is 10.8. The number of benzene rings is 1. The van der Waals surface area contributed by atoms with Crippen LogP contribution in [0.2, 0.25) is 0 Å². The van der Waals surface area contributed by atoms with Crippen LogP contribution in [0, 0.1) is 17.8 Å². The lowest BCUT2D eigenvalue weighted by atomic mass is 9.53. The van der Waals surface area contributed by atoms with Crippen molar-refractivity contribution in [2.24, 2.45) is 17.8 Å². The molecule has 5 rings (SSSR count). The van der Waals surface area contributed by atoms with Gasteiger partial charge in [-0.2, -0.15) is 0 Å². The van der Waals surface area contributed by atoms with Gasteiger partial charge in [0.25, 0.3) is 5.91 Å². The highest BCUT2D eigenvalue weighted by Crippen LogP contribution is 2.55. The molecule has 4 bridgehead atoms. The van der Waals surface area contributed by atoms with Crippen LogP contribution in [0.25, 0.3) is 0 Å². The minimum atomic E-state index is -0.794. The summed E-state index contributed by atoms with van der Waals surface area (Å²) in [5.74, 6) is 2.35. The first kappa shape index (κ1) is 18.3. The van der Waals surface area contributed by atoms with Crippen molar-refractivity contribution in [3.63, 3.8) is 0 Å². The van der Waals surface area contributed by atoms with Crippen LogP contribution in [0.5, 0.6) is 5.75 Å². The van der Waals surface area contributed by atoms with Crippen molar-refractivity contribution in [1.82, 2.24) is 5.32 Å². The predicted molar refractivity (Wildman–Crippen MR) is 102 cm³/mol. The number of carbonyl (C=O) groups is 2. The summed E-state index contributed by atoms with van der Waals surface area (Å²) in [5, 5.41) is 3.27. The largest absolute Gasteiger partial charge is 0.494 e. The van der Waals surface area contributed by atoms with Crippen LogP contribution >= 0.6 is 0 Å². The molecule has 0 spiro atoms. The Morgan fingerprint density at radius 3 is 2.15 bits per heavy atom. The number of carbonyl (C=O) groups excluding carboxylic acids is 2. The minimum Gasteiger partial charge on any atom is -0.494 e. The number of ether oxygens (including phenoxy) is 2. The average Bonchev–Trinajstić information content (AvgIpc) is 2.61. The summed E-state index contributed by atoms with van der Waals surface area (Å²) in [5.41, 5.74) is 0.360. The molecule has 4 saturated carbocycles. The summed E-state index contributed by atoms with van der Waals surface area (Å²) in [6.45, 7) is 4.14. The van der Waals surface area contributed by atoms with E-state index >= 15 is 0 Å². The van der Waals surface area contributed by atoms with Crippen molar-refractivity contribution >= 4 is 11.9 Å². The Balaban J connectivity index is 1.34. The molecule has 4 fully saturated rings. The number of esters is 1. The molecule has 0 heterocycles. The van der Waals surface area contributed by atoms with Crippen LogP contribution in [0.3, 0.4) is 0 Å². The van der Waals surface area contributed by atoms with E-state index < -0.39 is 12.1 Å². The Morgan fingerprint density at radius 1 is 1.07 bits per heavy atom. The SMILES string of the molecule is CCOc1ccc(C(=O)O[C@H](C)C(=O)NC23CC4CC(CC(C4)C2)C3)cc1. The molecule has 5 heteroatoms. The Hall–Kier alpha value is -2.04. The van der Waals surface area contributed by atoms with Gasteiger partial charge in [0.05, 0.1) is 12.2 Å². The van der Waals surface area contributed by atoms with E-state index in [0.29, 0.717) is 17.9 Å². The second kappa shape index (κ2) is 7.17. The third kappa shape index (κ3) is 3.83. The lowest BCUT2D eigenvalue weighted by molar-refractivity contribution is -0.134. The highest BCUT2D eigenvalue weighted by atomic mass is 16.5. The third-order valence-corrected chi connectivity index (χ3v) is 6.48. The molecular formula is C22H29NO4. The van der Waals surface area contributed by atoms with E-state index in [-0.39, 0.29) is 11.4 Å². The number of rotatable bonds is 6. The molecule has 27 heavy (non-hydrogen) atoms. The normalized spacial score (nSPS) is 32.0. The highest BCUT2D eigenvalue weighted by Gasteiger charge is 2.51. The molecular weight excluding hydrogens is 342 g/mol. The van der Waals surface area contributed by atoms with Crippen molar-refractivity contribution in [2.45, 2.75) is 64.0 Å². The van der Waals surface area contributed by atoms with E-state index in [0.717, 1.165) is 37.0 Å². The molecule has 0 aliphatic heterocycles. The molecule has 1 amide bonds. The van der Waals surface area contributed by atoms with Crippen LogP contribution in [0.15, 0.2) is 24.3 Å². The van der Waals surface area contributed by atoms with Gasteiger partial charge in [-0.05, 0) is 94.4 Å². The number of hydrogen-bond donors (Lipinski definition) is 1. The van der Waals surface area contributed by atoms with Crippen molar-refractivity contribution in [2.75, 3.05) is 6.61 Å². The number of nitrogens with one attached hydrogen (secondary N) is 1. The Labute approximate surface area is 160 Å². The average molecular weight is 371 g/mol. The van der Waals surface area contributed by atoms with Gasteiger partial charge in [0, 0.05) is 5.54 Å². The Morgan fingerprint density at radius 2 is 1.63 bits per heavy atom. The molecule has 0 unspecified atom stereocenters. The van der Waals surface area contributed by atoms with Crippen molar-refractivity contribution in [3.05, 3.63) is 29.8 Å². The van der Waals surface area contributed by atoms with Crippen molar-refractivity contribution in [3.8, 4) is 5.75 Å². The fourth-order valence-electron chi connectivity index (χ4n) is 5.76. The van der Waals surface area contributed by atoms with E-state index in [9.17, 15) is 9.59 Å². The van der Waals surface area contributed by atoms with Gasteiger partial charge in [0.15, 0.2) is 6.10 Å². The molecule has 4 aliphatic carbocycles. The van der Waals surface area contributed by atoms with E-state index in [1.807, 2.05) is 6.92 Å². The first-order valence-corrected chi connectivity index (χ1v) is 10.2. The molecule has 0 saturated heterocycles. The first-order valence-electron chi connectivity index (χ1n) is 10.2. The van der Waals surface area contributed by atoms with E-state index in [2.05, 4.69) is 5.32 Å². The molecule has 0 aromatic heterocycles. The number of hydrogen-bond acceptors (Lipinski definition) is 4. The van der Waals surface area contributed by atoms with E-state index in [4.69, 9.17) is 9.47 Å². The van der Waals surface area contributed by atoms with E-state index in [1.54, 1.807) is 31.2 Å². The van der Waals surface area contributed by atoms with Gasteiger partial charge in [-0.3, -0.25) is 4.79 Å². The minimum absolute atomic E-state index is 0.0638. The molecule has 0 radical (unpaired) electrons. The van der Waals surface area contributed by atoms with Crippen LogP contribution in [0.1, 0.15) is 62.7 Å². The molecule has 1 aromatic rings. The predicted octanol–water partition coefficient (Wildman–Crippen LogP) is 3.72. The third-order valence-electron chi connectivity index (χ3n) is 6.48. The molecule has 4 aliphatic rings. The molecule has 1 aromatic carbocycles. The quantitative estimate of drug-likeness (QED) is 0.774. The lowest BCUT2D eigenvalue weighted by Crippen LogP contribution is -2.61. The second-order valence-electron chi connectivity index (χ2n) is 8.69. The fraction of sp³-hybridized carbons (Fsp3) is 0.636. The maximum Gasteiger partial charge on any atom is 0.338 e. The highest BCUT2D eigenvalue weighted by molar-refractivity contribution is 5.92. The summed E-state index contributed by atoms with van der Waals surface area (Å²) in [6.07, 6.45) is 6.46. The standard InChI is InChI=1S/C22H29NO4/c1-3-26-19-6-4-18(5-7-19)21(25)27-14(2)20(24)23-22-11-15-8-16(12-22)10-17(9-15)13-22/h4-7,14-17H,3,8-13H2,1-2H3,(H,23,24)/t14-,15?,16?,17?,22?/m1/s1. The van der Waals surface area contributed by atoms with Crippen LogP contribution in [0.4, 0.5) is 0 Å². The molecule has 5 nitrogen and oxygen atoms in total. The van der Waals surface area contributed by atoms with Crippen molar-refractivity contribution < 1.29 is 19.1 Å². The molecule has 1 N–H and O–H groups in total. The second-order valence-corrected chi connectivity index (χ2v) is 8.69. The summed E-state index contributed by atoms with van der Waals surface area (Å²) in [7, 11) is 0. The van der Waals surface area contributed by atoms with Crippen molar-refractivity contribution in [1.29, 1.82) is 0 Å². The Bertz CT molecular complexity index is 676. The zero-order valence-corrected chi connectivity index (χ0v) is 16.2. The van der Waals surface area contributed by atoms with E-state index in [1.165, 1.54) is 19.3 Å². The summed E-state index contributed by atoms with van der Waals surface area (Å²) >= 11 is 0. The monoisotopic (exact) mass is 371 g/mol. The molecule has 1 atom stereocenters. The zero-order valence-electron chi connectivity index (χ0n) is 16.2. The smallest absolute Gasteiger partial charge is 0.338 e. The van der Waals surface area contributed by atoms with Gasteiger partial charge < -0.3 is 14.8 Å². The van der Waals surface area contributed by atoms with Crippen LogP contribution in [-0.2, 0) is 9.53 Å². The van der Waals surface area contributed by atoms with Gasteiger partial charge in [0.2, 0.25) is 0 Å². The Kier molecular flexibility index (Phi) is 4.87. The van der Waals surface area contributed by atoms with Crippen LogP contribution < -0.4 is 10.1 Å². The van der Waals surface area contributed by atoms with Gasteiger partial charge in [0.1, 0.15) is 5.75 Å². The van der Waals surface area contributed by atoms with Gasteiger partial charge in [-0.25, -0.2) is 4.79 Å². The number of amides is 1.